The van der Waals surface area contributed by atoms with Crippen molar-refractivity contribution < 1.29 is 9.59 Å². The lowest BCUT2D eigenvalue weighted by Gasteiger charge is -2.35. The Balaban J connectivity index is 2.03. The lowest BCUT2D eigenvalue weighted by molar-refractivity contribution is -0.123. The van der Waals surface area contributed by atoms with Crippen LogP contribution in [-0.2, 0) is 4.79 Å². The maximum atomic E-state index is 12.7. The average molecular weight is 331 g/mol. The Bertz CT molecular complexity index is 597. The zero-order valence-electron chi connectivity index (χ0n) is 15.4. The number of likely N-dealkylation sites (tertiary alicyclic amines) is 1. The number of amides is 2. The van der Waals surface area contributed by atoms with Crippen LogP contribution in [0.5, 0.6) is 0 Å². The second-order valence-corrected chi connectivity index (χ2v) is 7.77. The molecule has 0 unspecified atom stereocenters. The summed E-state index contributed by atoms with van der Waals surface area (Å²) in [5.74, 6) is -0.0158. The van der Waals surface area contributed by atoms with Gasteiger partial charge in [-0.1, -0.05) is 26.8 Å². The van der Waals surface area contributed by atoms with Crippen LogP contribution in [0.25, 0.3) is 0 Å². The third-order valence-electron chi connectivity index (χ3n) is 4.53. The van der Waals surface area contributed by atoms with Gasteiger partial charge in [-0.2, -0.15) is 0 Å². The highest BCUT2D eigenvalue weighted by molar-refractivity contribution is 5.98. The minimum atomic E-state index is -0.464. The second-order valence-electron chi connectivity index (χ2n) is 7.77. The molecule has 2 rings (SSSR count). The third-order valence-corrected chi connectivity index (χ3v) is 4.53. The number of carbonyl (C=O) groups is 2. The molecular weight excluding hydrogens is 302 g/mol. The Labute approximate surface area is 145 Å². The molecule has 0 aromatic heterocycles. The predicted molar refractivity (Wildman–Crippen MR) is 97.1 cm³/mol. The Morgan fingerprint density at radius 3 is 2.33 bits per heavy atom. The summed E-state index contributed by atoms with van der Waals surface area (Å²) >= 11 is 0. The molecule has 5 heteroatoms. The Morgan fingerprint density at radius 2 is 1.79 bits per heavy atom. The molecule has 24 heavy (non-hydrogen) atoms. The van der Waals surface area contributed by atoms with E-state index in [0.717, 1.165) is 25.9 Å². The molecule has 0 bridgehead atoms. The molecule has 1 N–H and O–H groups in total. The number of hydrogen-bond donors (Lipinski definition) is 1. The first kappa shape index (κ1) is 18.5. The van der Waals surface area contributed by atoms with Gasteiger partial charge in [-0.3, -0.25) is 9.59 Å². The van der Waals surface area contributed by atoms with E-state index in [1.54, 1.807) is 6.07 Å². The van der Waals surface area contributed by atoms with E-state index < -0.39 is 5.41 Å². The SMILES string of the molecule is CN(C)C1CCN(C(=O)c2cccc(NC(=O)C(C)(C)C)c2)CC1. The van der Waals surface area contributed by atoms with Gasteiger partial charge >= 0.3 is 0 Å². The molecule has 1 aromatic rings. The maximum Gasteiger partial charge on any atom is 0.253 e. The number of carbonyl (C=O) groups excluding carboxylic acids is 2. The molecule has 1 aromatic carbocycles. The maximum absolute atomic E-state index is 12.7. The van der Waals surface area contributed by atoms with Gasteiger partial charge in [0.25, 0.3) is 5.91 Å². The van der Waals surface area contributed by atoms with E-state index in [4.69, 9.17) is 0 Å². The van der Waals surface area contributed by atoms with Crippen LogP contribution in [0.4, 0.5) is 5.69 Å². The molecule has 1 saturated heterocycles. The van der Waals surface area contributed by atoms with E-state index >= 15 is 0 Å². The molecule has 132 valence electrons. The van der Waals surface area contributed by atoms with Gasteiger partial charge in [0, 0.05) is 35.8 Å². The topological polar surface area (TPSA) is 52.6 Å². The van der Waals surface area contributed by atoms with Gasteiger partial charge in [-0.05, 0) is 45.1 Å². The zero-order valence-corrected chi connectivity index (χ0v) is 15.4. The fourth-order valence-corrected chi connectivity index (χ4v) is 2.82. The van der Waals surface area contributed by atoms with Crippen molar-refractivity contribution in [3.8, 4) is 0 Å². The van der Waals surface area contributed by atoms with Gasteiger partial charge in [-0.25, -0.2) is 0 Å². The summed E-state index contributed by atoms with van der Waals surface area (Å²) in [7, 11) is 4.17. The summed E-state index contributed by atoms with van der Waals surface area (Å²) in [6, 6.07) is 7.76. The Morgan fingerprint density at radius 1 is 1.17 bits per heavy atom. The minimum absolute atomic E-state index is 0.0408. The van der Waals surface area contributed by atoms with Crippen molar-refractivity contribution in [1.29, 1.82) is 0 Å². The van der Waals surface area contributed by atoms with Gasteiger partial charge in [0.1, 0.15) is 0 Å². The summed E-state index contributed by atoms with van der Waals surface area (Å²) < 4.78 is 0. The minimum Gasteiger partial charge on any atom is -0.339 e. The summed E-state index contributed by atoms with van der Waals surface area (Å²) in [5, 5.41) is 2.89. The van der Waals surface area contributed by atoms with E-state index in [2.05, 4.69) is 24.3 Å². The quantitative estimate of drug-likeness (QED) is 0.926. The fourth-order valence-electron chi connectivity index (χ4n) is 2.82. The van der Waals surface area contributed by atoms with E-state index in [1.807, 2.05) is 43.9 Å². The molecule has 1 fully saturated rings. The van der Waals surface area contributed by atoms with E-state index in [1.165, 1.54) is 0 Å². The fraction of sp³-hybridized carbons (Fsp3) is 0.579. The van der Waals surface area contributed by atoms with Crippen LogP contribution in [0.2, 0.25) is 0 Å². The highest BCUT2D eigenvalue weighted by atomic mass is 16.2. The highest BCUT2D eigenvalue weighted by Crippen LogP contribution is 2.20. The van der Waals surface area contributed by atoms with Crippen molar-refractivity contribution in [2.24, 2.45) is 5.41 Å². The molecule has 0 atom stereocenters. The molecule has 0 radical (unpaired) electrons. The summed E-state index contributed by atoms with van der Waals surface area (Å²) in [6.45, 7) is 7.16. The average Bonchev–Trinajstić information content (AvgIpc) is 2.53. The van der Waals surface area contributed by atoms with Crippen molar-refractivity contribution in [3.63, 3.8) is 0 Å². The largest absolute Gasteiger partial charge is 0.339 e. The van der Waals surface area contributed by atoms with E-state index in [0.29, 0.717) is 17.3 Å². The van der Waals surface area contributed by atoms with Crippen LogP contribution in [0.3, 0.4) is 0 Å². The monoisotopic (exact) mass is 331 g/mol. The zero-order chi connectivity index (χ0) is 17.9. The molecule has 2 amide bonds. The Kier molecular flexibility index (Phi) is 5.65. The molecule has 5 nitrogen and oxygen atoms in total. The van der Waals surface area contributed by atoms with E-state index in [-0.39, 0.29) is 11.8 Å². The number of hydrogen-bond acceptors (Lipinski definition) is 3. The van der Waals surface area contributed by atoms with Crippen molar-refractivity contribution in [3.05, 3.63) is 29.8 Å². The molecule has 1 aliphatic rings. The molecular formula is C19H29N3O2. The molecule has 1 aliphatic heterocycles. The van der Waals surface area contributed by atoms with Gasteiger partial charge in [0.15, 0.2) is 0 Å². The number of nitrogens with one attached hydrogen (secondary N) is 1. The lowest BCUT2D eigenvalue weighted by Crippen LogP contribution is -2.44. The first-order valence-electron chi connectivity index (χ1n) is 8.55. The van der Waals surface area contributed by atoms with Crippen molar-refractivity contribution in [2.75, 3.05) is 32.5 Å². The van der Waals surface area contributed by atoms with Crippen LogP contribution >= 0.6 is 0 Å². The van der Waals surface area contributed by atoms with Crippen LogP contribution in [-0.4, -0.2) is 54.8 Å². The Hall–Kier alpha value is -1.88. The van der Waals surface area contributed by atoms with Crippen molar-refractivity contribution >= 4 is 17.5 Å². The van der Waals surface area contributed by atoms with Crippen molar-refractivity contribution in [1.82, 2.24) is 9.80 Å². The number of benzene rings is 1. The van der Waals surface area contributed by atoms with Gasteiger partial charge in [0.05, 0.1) is 0 Å². The van der Waals surface area contributed by atoms with E-state index in [9.17, 15) is 9.59 Å². The smallest absolute Gasteiger partial charge is 0.253 e. The molecule has 1 heterocycles. The number of rotatable bonds is 3. The first-order valence-corrected chi connectivity index (χ1v) is 8.55. The molecule has 0 saturated carbocycles. The van der Waals surface area contributed by atoms with Crippen LogP contribution in [0, 0.1) is 5.41 Å². The van der Waals surface area contributed by atoms with Crippen LogP contribution in [0.15, 0.2) is 24.3 Å². The summed E-state index contributed by atoms with van der Waals surface area (Å²) in [5.41, 5.74) is 0.836. The predicted octanol–water partition coefficient (Wildman–Crippen LogP) is 2.84. The molecule has 0 aliphatic carbocycles. The second kappa shape index (κ2) is 7.34. The standard InChI is InChI=1S/C19H29N3O2/c1-19(2,3)18(24)20-15-8-6-7-14(13-15)17(23)22-11-9-16(10-12-22)21(4)5/h6-8,13,16H,9-12H2,1-5H3,(H,20,24). The highest BCUT2D eigenvalue weighted by Gasteiger charge is 2.25. The van der Waals surface area contributed by atoms with Crippen LogP contribution < -0.4 is 5.32 Å². The van der Waals surface area contributed by atoms with Crippen molar-refractivity contribution in [2.45, 2.75) is 39.7 Å². The van der Waals surface area contributed by atoms with Gasteiger partial charge < -0.3 is 15.1 Å². The normalized spacial score (nSPS) is 16.3. The first-order chi connectivity index (χ1) is 11.2. The lowest BCUT2D eigenvalue weighted by atomic mass is 9.95. The number of piperidine rings is 1. The third kappa shape index (κ3) is 4.57. The number of anilines is 1. The summed E-state index contributed by atoms with van der Waals surface area (Å²) in [6.07, 6.45) is 2.00. The molecule has 0 spiro atoms. The van der Waals surface area contributed by atoms with Gasteiger partial charge in [-0.15, -0.1) is 0 Å². The number of nitrogens with zero attached hydrogens (tertiary/aromatic N) is 2. The summed E-state index contributed by atoms with van der Waals surface area (Å²) in [4.78, 5) is 29.0. The van der Waals surface area contributed by atoms with Crippen LogP contribution in [0.1, 0.15) is 44.0 Å². The van der Waals surface area contributed by atoms with Gasteiger partial charge in [0.2, 0.25) is 5.91 Å².